The second-order valence-corrected chi connectivity index (χ2v) is 6.37. The largest absolute Gasteiger partial charge is 0.368 e. The zero-order valence-corrected chi connectivity index (χ0v) is 10.6. The Balaban J connectivity index is 1.96. The van der Waals surface area contributed by atoms with Gasteiger partial charge in [0.2, 0.25) is 0 Å². The average Bonchev–Trinajstić information content (AvgIpc) is 2.58. The molecule has 15 heavy (non-hydrogen) atoms. The van der Waals surface area contributed by atoms with Crippen molar-refractivity contribution in [3.63, 3.8) is 0 Å². The number of ether oxygens (including phenoxy) is 1. The molecule has 0 radical (unpaired) electrons. The van der Waals surface area contributed by atoms with Gasteiger partial charge in [-0.3, -0.25) is 0 Å². The molecular formula is C13H25NO. The Morgan fingerprint density at radius 3 is 2.13 bits per heavy atom. The van der Waals surface area contributed by atoms with E-state index in [1.54, 1.807) is 0 Å². The van der Waals surface area contributed by atoms with Crippen LogP contribution < -0.4 is 5.32 Å². The number of rotatable bonds is 2. The van der Waals surface area contributed by atoms with E-state index < -0.39 is 0 Å². The number of hydrogen-bond donors (Lipinski definition) is 1. The van der Waals surface area contributed by atoms with Crippen LogP contribution in [0.2, 0.25) is 0 Å². The van der Waals surface area contributed by atoms with Gasteiger partial charge in [0.25, 0.3) is 0 Å². The Hall–Kier alpha value is -0.0800. The molecule has 0 spiro atoms. The van der Waals surface area contributed by atoms with Crippen molar-refractivity contribution in [2.75, 3.05) is 0 Å². The Kier molecular flexibility index (Phi) is 2.85. The summed E-state index contributed by atoms with van der Waals surface area (Å²) in [6.07, 6.45) is 6.64. The van der Waals surface area contributed by atoms with E-state index in [4.69, 9.17) is 4.74 Å². The van der Waals surface area contributed by atoms with E-state index in [0.717, 1.165) is 12.5 Å². The van der Waals surface area contributed by atoms with E-state index in [2.05, 4.69) is 33.0 Å². The van der Waals surface area contributed by atoms with Gasteiger partial charge in [-0.15, -0.1) is 0 Å². The number of nitrogens with one attached hydrogen (secondary N) is 1. The Morgan fingerprint density at radius 2 is 1.67 bits per heavy atom. The fraction of sp³-hybridized carbons (Fsp3) is 1.00. The van der Waals surface area contributed by atoms with E-state index >= 15 is 0 Å². The smallest absolute Gasteiger partial charge is 0.0787 e. The lowest BCUT2D eigenvalue weighted by molar-refractivity contribution is -0.0704. The van der Waals surface area contributed by atoms with Crippen LogP contribution in [0.3, 0.4) is 0 Å². The first-order chi connectivity index (χ1) is 6.89. The molecule has 0 bridgehead atoms. The summed E-state index contributed by atoms with van der Waals surface area (Å²) in [5.41, 5.74) is 0.0336. The second kappa shape index (κ2) is 3.74. The van der Waals surface area contributed by atoms with E-state index in [-0.39, 0.29) is 11.2 Å². The third-order valence-corrected chi connectivity index (χ3v) is 3.87. The van der Waals surface area contributed by atoms with Gasteiger partial charge >= 0.3 is 0 Å². The average molecular weight is 211 g/mol. The molecule has 0 aromatic carbocycles. The highest BCUT2D eigenvalue weighted by Gasteiger charge is 2.46. The van der Waals surface area contributed by atoms with Crippen LogP contribution in [0.25, 0.3) is 0 Å². The molecule has 88 valence electrons. The van der Waals surface area contributed by atoms with Crippen LogP contribution in [0.4, 0.5) is 0 Å². The van der Waals surface area contributed by atoms with Crippen molar-refractivity contribution in [3.8, 4) is 0 Å². The summed E-state index contributed by atoms with van der Waals surface area (Å²) < 4.78 is 6.10. The monoisotopic (exact) mass is 211 g/mol. The minimum absolute atomic E-state index is 0.00785. The first-order valence-corrected chi connectivity index (χ1v) is 6.35. The molecule has 2 aliphatic rings. The molecule has 1 saturated carbocycles. The molecule has 1 heterocycles. The highest BCUT2D eigenvalue weighted by molar-refractivity contribution is 5.00. The second-order valence-electron chi connectivity index (χ2n) is 6.37. The predicted octanol–water partition coefficient (Wildman–Crippen LogP) is 2.86. The van der Waals surface area contributed by atoms with Crippen molar-refractivity contribution in [1.29, 1.82) is 0 Å². The Morgan fingerprint density at radius 1 is 1.07 bits per heavy atom. The molecule has 2 nitrogen and oxygen atoms in total. The summed E-state index contributed by atoms with van der Waals surface area (Å²) >= 11 is 0. The quantitative estimate of drug-likeness (QED) is 0.758. The Bertz CT molecular complexity index is 229. The van der Waals surface area contributed by atoms with Crippen LogP contribution in [0.1, 0.15) is 59.8 Å². The summed E-state index contributed by atoms with van der Waals surface area (Å²) in [6, 6.07) is 1.27. The topological polar surface area (TPSA) is 21.3 Å². The van der Waals surface area contributed by atoms with E-state index in [9.17, 15) is 0 Å². The molecule has 0 aromatic rings. The number of hydrogen-bond acceptors (Lipinski definition) is 2. The van der Waals surface area contributed by atoms with Gasteiger partial charge in [0.1, 0.15) is 0 Å². The molecule has 2 heteroatoms. The molecule has 1 unspecified atom stereocenters. The van der Waals surface area contributed by atoms with Gasteiger partial charge < -0.3 is 10.1 Å². The van der Waals surface area contributed by atoms with Crippen molar-refractivity contribution < 1.29 is 4.74 Å². The van der Waals surface area contributed by atoms with Crippen molar-refractivity contribution in [2.45, 2.75) is 83.1 Å². The summed E-state index contributed by atoms with van der Waals surface area (Å²) in [7, 11) is 0. The fourth-order valence-electron chi connectivity index (χ4n) is 3.20. The van der Waals surface area contributed by atoms with Crippen LogP contribution >= 0.6 is 0 Å². The first-order valence-electron chi connectivity index (χ1n) is 6.35. The molecule has 1 N–H and O–H groups in total. The summed E-state index contributed by atoms with van der Waals surface area (Å²) in [6.45, 7) is 8.83. The van der Waals surface area contributed by atoms with Gasteiger partial charge in [0, 0.05) is 12.1 Å². The van der Waals surface area contributed by atoms with Crippen LogP contribution in [0.5, 0.6) is 0 Å². The minimum atomic E-state index is -0.00785. The molecule has 1 atom stereocenters. The van der Waals surface area contributed by atoms with E-state index in [1.165, 1.54) is 25.7 Å². The van der Waals surface area contributed by atoms with Gasteiger partial charge in [-0.05, 0) is 47.0 Å². The normalized spacial score (nSPS) is 34.8. The summed E-state index contributed by atoms with van der Waals surface area (Å²) in [5, 5.41) is 3.80. The summed E-state index contributed by atoms with van der Waals surface area (Å²) in [5.74, 6) is 0. The molecule has 2 fully saturated rings. The van der Waals surface area contributed by atoms with Crippen LogP contribution in [0, 0.1) is 0 Å². The van der Waals surface area contributed by atoms with Gasteiger partial charge in [-0.2, -0.15) is 0 Å². The zero-order valence-electron chi connectivity index (χ0n) is 10.6. The molecule has 1 aliphatic carbocycles. The highest BCUT2D eigenvalue weighted by atomic mass is 16.5. The third-order valence-electron chi connectivity index (χ3n) is 3.87. The highest BCUT2D eigenvalue weighted by Crippen LogP contribution is 2.38. The van der Waals surface area contributed by atoms with Crippen molar-refractivity contribution in [2.24, 2.45) is 0 Å². The van der Waals surface area contributed by atoms with Crippen LogP contribution in [-0.2, 0) is 4.74 Å². The van der Waals surface area contributed by atoms with Gasteiger partial charge in [0.15, 0.2) is 0 Å². The maximum Gasteiger partial charge on any atom is 0.0787 e. The molecular weight excluding hydrogens is 186 g/mol. The SMILES string of the molecule is CC1(C)CC(NC2CCCC2)C(C)(C)O1. The maximum atomic E-state index is 6.10. The lowest BCUT2D eigenvalue weighted by Crippen LogP contribution is -2.47. The van der Waals surface area contributed by atoms with Crippen LogP contribution in [-0.4, -0.2) is 23.3 Å². The van der Waals surface area contributed by atoms with Crippen molar-refractivity contribution in [3.05, 3.63) is 0 Å². The first kappa shape index (κ1) is 11.4. The van der Waals surface area contributed by atoms with Gasteiger partial charge in [-0.1, -0.05) is 12.8 Å². The van der Waals surface area contributed by atoms with E-state index in [0.29, 0.717) is 6.04 Å². The molecule has 0 amide bonds. The molecule has 0 aromatic heterocycles. The Labute approximate surface area is 93.8 Å². The molecule has 1 aliphatic heterocycles. The van der Waals surface area contributed by atoms with Gasteiger partial charge in [0.05, 0.1) is 11.2 Å². The van der Waals surface area contributed by atoms with E-state index in [1.807, 2.05) is 0 Å². The predicted molar refractivity (Wildman–Crippen MR) is 63.0 cm³/mol. The maximum absolute atomic E-state index is 6.10. The summed E-state index contributed by atoms with van der Waals surface area (Å²) in [4.78, 5) is 0. The lowest BCUT2D eigenvalue weighted by Gasteiger charge is -2.29. The molecule has 1 saturated heterocycles. The lowest BCUT2D eigenvalue weighted by atomic mass is 9.93. The minimum Gasteiger partial charge on any atom is -0.368 e. The van der Waals surface area contributed by atoms with Gasteiger partial charge in [-0.25, -0.2) is 0 Å². The molecule has 2 rings (SSSR count). The standard InChI is InChI=1S/C13H25NO/c1-12(2)9-11(13(3,4)15-12)14-10-7-5-6-8-10/h10-11,14H,5-9H2,1-4H3. The van der Waals surface area contributed by atoms with Crippen LogP contribution in [0.15, 0.2) is 0 Å². The van der Waals surface area contributed by atoms with Crippen molar-refractivity contribution in [1.82, 2.24) is 5.32 Å². The fourth-order valence-corrected chi connectivity index (χ4v) is 3.20. The zero-order chi connectivity index (χ0) is 11.1. The third kappa shape index (κ3) is 2.54. The van der Waals surface area contributed by atoms with Crippen molar-refractivity contribution >= 4 is 0 Å².